The van der Waals surface area contributed by atoms with Gasteiger partial charge in [-0.2, -0.15) is 48.3 Å². The van der Waals surface area contributed by atoms with Gasteiger partial charge in [0, 0.05) is 0 Å². The zero-order valence-corrected chi connectivity index (χ0v) is 18.1. The van der Waals surface area contributed by atoms with E-state index in [2.05, 4.69) is 9.47 Å². The Labute approximate surface area is 206 Å². The zero-order chi connectivity index (χ0) is 29.8. The van der Waals surface area contributed by atoms with Crippen LogP contribution in [0.5, 0.6) is 23.0 Å². The first-order valence-corrected chi connectivity index (χ1v) is 9.61. The van der Waals surface area contributed by atoms with Crippen LogP contribution in [0.15, 0.2) is 24.3 Å². The van der Waals surface area contributed by atoms with E-state index in [9.17, 15) is 57.1 Å². The van der Waals surface area contributed by atoms with Gasteiger partial charge in [-0.05, 0) is 24.3 Å². The summed E-state index contributed by atoms with van der Waals surface area (Å²) in [5, 5.41) is 0. The van der Waals surface area contributed by atoms with Gasteiger partial charge in [0.25, 0.3) is 0 Å². The average Bonchev–Trinajstić information content (AvgIpc) is 2.78. The van der Waals surface area contributed by atoms with Crippen LogP contribution in [0.3, 0.4) is 0 Å². The van der Waals surface area contributed by atoms with Crippen LogP contribution in [0, 0.1) is 29.1 Å². The topological polar surface area (TPSA) is 70.5 Å². The Morgan fingerprint density at radius 2 is 0.821 bits per heavy atom. The number of hydrogen-bond acceptors (Lipinski definition) is 4. The molecule has 0 bridgehead atoms. The molecular weight excluding hydrogens is 578 g/mol. The van der Waals surface area contributed by atoms with Crippen molar-refractivity contribution in [2.75, 3.05) is 11.5 Å². The number of anilines is 2. The average molecular weight is 586 g/mol. The van der Waals surface area contributed by atoms with Crippen LogP contribution in [0.4, 0.5) is 72.8 Å². The number of nitrogens with two attached hydrogens (primary N) is 2. The predicted molar refractivity (Wildman–Crippen MR) is 103 cm³/mol. The third-order valence-electron chi connectivity index (χ3n) is 4.79. The summed E-state index contributed by atoms with van der Waals surface area (Å²) < 4.78 is 202. The van der Waals surface area contributed by atoms with Gasteiger partial charge in [0.05, 0.1) is 11.4 Å². The molecule has 0 aliphatic rings. The molecule has 0 heterocycles. The molecule has 0 aliphatic heterocycles. The van der Waals surface area contributed by atoms with Gasteiger partial charge in [-0.25, -0.2) is 13.2 Å². The van der Waals surface area contributed by atoms with Crippen molar-refractivity contribution in [3.8, 4) is 23.0 Å². The predicted octanol–water partition coefficient (Wildman–Crippen LogP) is 8.19. The van der Waals surface area contributed by atoms with Gasteiger partial charge in [0.1, 0.15) is 16.7 Å². The van der Waals surface area contributed by atoms with Crippen LogP contribution in [-0.2, 0) is 18.5 Å². The molecule has 212 valence electrons. The highest BCUT2D eigenvalue weighted by Gasteiger charge is 2.46. The van der Waals surface area contributed by atoms with Gasteiger partial charge in [-0.3, -0.25) is 0 Å². The molecule has 3 aromatic carbocycles. The molecule has 0 radical (unpaired) electrons. The fourth-order valence-corrected chi connectivity index (χ4v) is 3.05. The van der Waals surface area contributed by atoms with Crippen molar-refractivity contribution < 1.29 is 70.9 Å². The first kappa shape index (κ1) is 29.4. The maximum absolute atomic E-state index is 15.2. The minimum atomic E-state index is -6.17. The van der Waals surface area contributed by atoms with E-state index in [0.717, 1.165) is 0 Å². The van der Waals surface area contributed by atoms with Crippen LogP contribution >= 0.6 is 0 Å². The number of benzene rings is 3. The Morgan fingerprint density at radius 1 is 0.436 bits per heavy atom. The molecule has 0 aromatic heterocycles. The summed E-state index contributed by atoms with van der Waals surface area (Å²) in [6.45, 7) is 0. The second-order valence-corrected chi connectivity index (χ2v) is 7.36. The number of rotatable bonds is 4. The summed E-state index contributed by atoms with van der Waals surface area (Å²) in [6, 6.07) is 0.612. The SMILES string of the molecule is Nc1ccc(C(F)(F)F)c(Oc2c(F)c(F)c(C(F)(F)F)c(Oc3c(C(F)(F)F)ccc(N)c3F)c2F)c1F. The molecule has 3 aromatic rings. The van der Waals surface area contributed by atoms with Crippen molar-refractivity contribution in [1.82, 2.24) is 0 Å². The highest BCUT2D eigenvalue weighted by molar-refractivity contribution is 5.57. The summed E-state index contributed by atoms with van der Waals surface area (Å²) in [6.07, 6.45) is -17.3. The van der Waals surface area contributed by atoms with E-state index in [1.54, 1.807) is 0 Å². The normalized spacial score (nSPS) is 12.6. The monoisotopic (exact) mass is 586 g/mol. The van der Waals surface area contributed by atoms with E-state index in [-0.39, 0.29) is 18.2 Å². The van der Waals surface area contributed by atoms with E-state index in [0.29, 0.717) is 6.07 Å². The Kier molecular flexibility index (Phi) is 7.22. The quantitative estimate of drug-likeness (QED) is 0.184. The molecule has 0 atom stereocenters. The van der Waals surface area contributed by atoms with Crippen LogP contribution < -0.4 is 20.9 Å². The highest BCUT2D eigenvalue weighted by atomic mass is 19.4. The van der Waals surface area contributed by atoms with Gasteiger partial charge in [0.2, 0.25) is 17.4 Å². The van der Waals surface area contributed by atoms with E-state index < -0.39 is 98.7 Å². The minimum absolute atomic E-state index is 0.0199. The molecule has 0 amide bonds. The number of ether oxygens (including phenoxy) is 2. The van der Waals surface area contributed by atoms with E-state index >= 15 is 4.39 Å². The number of hydrogen-bond donors (Lipinski definition) is 2. The lowest BCUT2D eigenvalue weighted by Gasteiger charge is -2.21. The second kappa shape index (κ2) is 9.57. The van der Waals surface area contributed by atoms with Crippen molar-refractivity contribution in [3.63, 3.8) is 0 Å². The standard InChI is InChI=1S/C21H8F14N2O2/c22-10-7(36)3-1-5(19(27,28)29)15(10)38-17-9(21(33,34)35)12(24)13(25)18(14(17)26)39-16-6(20(30,31)32)2-4-8(37)11(16)23/h1-4H,36-37H2. The molecule has 4 nitrogen and oxygen atoms in total. The summed E-state index contributed by atoms with van der Waals surface area (Å²) in [5.74, 6) is -23.2. The minimum Gasteiger partial charge on any atom is -0.450 e. The van der Waals surface area contributed by atoms with Crippen molar-refractivity contribution in [1.29, 1.82) is 0 Å². The lowest BCUT2D eigenvalue weighted by molar-refractivity contribution is -0.142. The van der Waals surface area contributed by atoms with Crippen molar-refractivity contribution in [2.45, 2.75) is 18.5 Å². The first-order valence-electron chi connectivity index (χ1n) is 9.61. The molecular formula is C21H8F14N2O2. The fourth-order valence-electron chi connectivity index (χ4n) is 3.05. The maximum Gasteiger partial charge on any atom is 0.423 e. The van der Waals surface area contributed by atoms with Gasteiger partial charge in [0.15, 0.2) is 34.7 Å². The molecule has 0 saturated carbocycles. The Morgan fingerprint density at radius 3 is 1.18 bits per heavy atom. The van der Waals surface area contributed by atoms with Gasteiger partial charge < -0.3 is 20.9 Å². The third-order valence-corrected chi connectivity index (χ3v) is 4.79. The second-order valence-electron chi connectivity index (χ2n) is 7.36. The Balaban J connectivity index is 2.39. The van der Waals surface area contributed by atoms with E-state index in [4.69, 9.17) is 11.5 Å². The molecule has 39 heavy (non-hydrogen) atoms. The highest BCUT2D eigenvalue weighted by Crippen LogP contribution is 2.50. The number of nitrogen functional groups attached to an aromatic ring is 2. The summed E-state index contributed by atoms with van der Waals surface area (Å²) in [5.41, 5.74) is 0.362. The van der Waals surface area contributed by atoms with Gasteiger partial charge >= 0.3 is 18.5 Å². The first-order chi connectivity index (χ1) is 17.7. The summed E-state index contributed by atoms with van der Waals surface area (Å²) >= 11 is 0. The molecule has 18 heteroatoms. The molecule has 0 aliphatic carbocycles. The zero-order valence-electron chi connectivity index (χ0n) is 18.1. The third kappa shape index (κ3) is 5.40. The van der Waals surface area contributed by atoms with Crippen LogP contribution in [0.25, 0.3) is 0 Å². The van der Waals surface area contributed by atoms with Crippen molar-refractivity contribution in [2.24, 2.45) is 0 Å². The molecule has 3 rings (SSSR count). The number of halogens is 14. The lowest BCUT2D eigenvalue weighted by atomic mass is 10.1. The summed E-state index contributed by atoms with van der Waals surface area (Å²) in [7, 11) is 0. The largest absolute Gasteiger partial charge is 0.450 e. The molecule has 0 fully saturated rings. The van der Waals surface area contributed by atoms with Gasteiger partial charge in [-0.1, -0.05) is 0 Å². The molecule has 0 unspecified atom stereocenters. The summed E-state index contributed by atoms with van der Waals surface area (Å²) in [4.78, 5) is 0. The van der Waals surface area contributed by atoms with Crippen molar-refractivity contribution in [3.05, 3.63) is 70.0 Å². The fraction of sp³-hybridized carbons (Fsp3) is 0.143. The van der Waals surface area contributed by atoms with E-state index in [1.807, 2.05) is 0 Å². The Bertz CT molecular complexity index is 1450. The van der Waals surface area contributed by atoms with Crippen molar-refractivity contribution >= 4 is 11.4 Å². The van der Waals surface area contributed by atoms with Crippen LogP contribution in [0.2, 0.25) is 0 Å². The van der Waals surface area contributed by atoms with Gasteiger partial charge in [-0.15, -0.1) is 0 Å². The smallest absolute Gasteiger partial charge is 0.423 e. The van der Waals surface area contributed by atoms with Crippen LogP contribution in [-0.4, -0.2) is 0 Å². The number of alkyl halides is 9. The Hall–Kier alpha value is -4.12. The van der Waals surface area contributed by atoms with Crippen LogP contribution in [0.1, 0.15) is 16.7 Å². The maximum atomic E-state index is 15.2. The van der Waals surface area contributed by atoms with E-state index in [1.165, 1.54) is 0 Å². The molecule has 0 spiro atoms. The lowest BCUT2D eigenvalue weighted by Crippen LogP contribution is -2.17. The molecule has 4 N–H and O–H groups in total. The molecule has 0 saturated heterocycles.